The van der Waals surface area contributed by atoms with Gasteiger partial charge in [-0.25, -0.2) is 4.79 Å². The van der Waals surface area contributed by atoms with Crippen molar-refractivity contribution in [3.05, 3.63) is 12.4 Å². The molecule has 19 heavy (non-hydrogen) atoms. The van der Waals surface area contributed by atoms with Crippen LogP contribution in [-0.2, 0) is 11.3 Å². The van der Waals surface area contributed by atoms with E-state index in [0.29, 0.717) is 13.1 Å². The van der Waals surface area contributed by atoms with Crippen LogP contribution in [0.15, 0.2) is 12.4 Å². The number of carbonyl (C=O) groups is 1. The maximum atomic E-state index is 11.8. The topological polar surface area (TPSA) is 72.3 Å². The zero-order chi connectivity index (χ0) is 13.5. The second kappa shape index (κ2) is 7.08. The highest BCUT2D eigenvalue weighted by atomic mass is 16.5. The van der Waals surface area contributed by atoms with Gasteiger partial charge in [0.05, 0.1) is 12.3 Å². The van der Waals surface area contributed by atoms with Gasteiger partial charge < -0.3 is 15.0 Å². The minimum Gasteiger partial charge on any atom is -0.376 e. The lowest BCUT2D eigenvalue weighted by atomic mass is 10.2. The molecule has 0 bridgehead atoms. The fourth-order valence-electron chi connectivity index (χ4n) is 2.10. The summed E-state index contributed by atoms with van der Waals surface area (Å²) in [4.78, 5) is 13.5. The Morgan fingerprint density at radius 3 is 3.21 bits per heavy atom. The quantitative estimate of drug-likeness (QED) is 0.761. The zero-order valence-electron chi connectivity index (χ0n) is 11.3. The number of ether oxygens (including phenoxy) is 1. The first-order valence-corrected chi connectivity index (χ1v) is 6.70. The lowest BCUT2D eigenvalue weighted by Crippen LogP contribution is -2.41. The molecule has 0 unspecified atom stereocenters. The number of rotatable bonds is 6. The van der Waals surface area contributed by atoms with E-state index in [0.717, 1.165) is 32.4 Å². The Balaban J connectivity index is 1.57. The number of amides is 2. The monoisotopic (exact) mass is 267 g/mol. The molecule has 0 aliphatic carbocycles. The Hall–Kier alpha value is -1.63. The van der Waals surface area contributed by atoms with E-state index in [9.17, 15) is 4.79 Å². The van der Waals surface area contributed by atoms with Gasteiger partial charge in [-0.3, -0.25) is 4.68 Å². The molecule has 0 aromatic carbocycles. The van der Waals surface area contributed by atoms with Gasteiger partial charge in [-0.2, -0.15) is 0 Å². The summed E-state index contributed by atoms with van der Waals surface area (Å²) in [5.41, 5.74) is 0. The molecular formula is C12H21N5O2. The SMILES string of the molecule is CN(C[C@H]1CCCO1)C(=O)NCCCn1ccnn1. The lowest BCUT2D eigenvalue weighted by molar-refractivity contribution is 0.0875. The second-order valence-corrected chi connectivity index (χ2v) is 4.77. The number of urea groups is 1. The largest absolute Gasteiger partial charge is 0.376 e. The Bertz CT molecular complexity index is 375. The molecule has 1 atom stereocenters. The van der Waals surface area contributed by atoms with Crippen LogP contribution in [0.5, 0.6) is 0 Å². The fraction of sp³-hybridized carbons (Fsp3) is 0.750. The van der Waals surface area contributed by atoms with Gasteiger partial charge in [-0.05, 0) is 19.3 Å². The van der Waals surface area contributed by atoms with Crippen molar-refractivity contribution in [3.63, 3.8) is 0 Å². The van der Waals surface area contributed by atoms with Crippen molar-refractivity contribution in [1.82, 2.24) is 25.2 Å². The van der Waals surface area contributed by atoms with Crippen molar-refractivity contribution >= 4 is 6.03 Å². The second-order valence-electron chi connectivity index (χ2n) is 4.77. The van der Waals surface area contributed by atoms with Crippen LogP contribution in [0.2, 0.25) is 0 Å². The molecule has 2 heterocycles. The molecule has 0 saturated carbocycles. The highest BCUT2D eigenvalue weighted by molar-refractivity contribution is 5.73. The van der Waals surface area contributed by atoms with Gasteiger partial charge in [0.15, 0.2) is 0 Å². The number of nitrogens with one attached hydrogen (secondary N) is 1. The van der Waals surface area contributed by atoms with E-state index in [4.69, 9.17) is 4.74 Å². The van der Waals surface area contributed by atoms with E-state index in [1.54, 1.807) is 22.8 Å². The van der Waals surface area contributed by atoms with Crippen molar-refractivity contribution < 1.29 is 9.53 Å². The Morgan fingerprint density at radius 2 is 2.53 bits per heavy atom. The third-order valence-electron chi connectivity index (χ3n) is 3.16. The summed E-state index contributed by atoms with van der Waals surface area (Å²) in [6, 6.07) is -0.0471. The van der Waals surface area contributed by atoms with E-state index < -0.39 is 0 Å². The molecule has 106 valence electrons. The summed E-state index contributed by atoms with van der Waals surface area (Å²) in [7, 11) is 1.80. The van der Waals surface area contributed by atoms with Gasteiger partial charge >= 0.3 is 6.03 Å². The number of hydrogen-bond acceptors (Lipinski definition) is 4. The van der Waals surface area contributed by atoms with Crippen molar-refractivity contribution in [2.24, 2.45) is 0 Å². The maximum Gasteiger partial charge on any atom is 0.317 e. The average molecular weight is 267 g/mol. The van der Waals surface area contributed by atoms with E-state index >= 15 is 0 Å². The van der Waals surface area contributed by atoms with E-state index in [1.165, 1.54) is 0 Å². The first kappa shape index (κ1) is 13.8. The van der Waals surface area contributed by atoms with Gasteiger partial charge in [-0.1, -0.05) is 5.21 Å². The van der Waals surface area contributed by atoms with Gasteiger partial charge in [0.25, 0.3) is 0 Å². The number of aromatic nitrogens is 3. The molecule has 1 aromatic rings. The highest BCUT2D eigenvalue weighted by Crippen LogP contribution is 2.12. The Kier molecular flexibility index (Phi) is 5.14. The highest BCUT2D eigenvalue weighted by Gasteiger charge is 2.19. The molecular weight excluding hydrogens is 246 g/mol. The zero-order valence-corrected chi connectivity index (χ0v) is 11.3. The number of carbonyl (C=O) groups excluding carboxylic acids is 1. The molecule has 1 N–H and O–H groups in total. The predicted molar refractivity (Wildman–Crippen MR) is 69.6 cm³/mol. The van der Waals surface area contributed by atoms with Crippen LogP contribution in [-0.4, -0.2) is 58.8 Å². The standard InChI is InChI=1S/C12H21N5O2/c1-16(10-11-4-2-9-19-11)12(18)13-5-3-7-17-8-6-14-15-17/h6,8,11H,2-5,7,9-10H2,1H3,(H,13,18)/t11-/m1/s1. The molecule has 2 rings (SSSR count). The molecule has 7 nitrogen and oxygen atoms in total. The van der Waals surface area contributed by atoms with E-state index in [1.807, 2.05) is 6.20 Å². The van der Waals surface area contributed by atoms with Gasteiger partial charge in [0.1, 0.15) is 0 Å². The average Bonchev–Trinajstić information content (AvgIpc) is 3.07. The van der Waals surface area contributed by atoms with Crippen LogP contribution in [0.4, 0.5) is 4.79 Å². The van der Waals surface area contributed by atoms with Crippen LogP contribution in [0.1, 0.15) is 19.3 Å². The summed E-state index contributed by atoms with van der Waals surface area (Å²) >= 11 is 0. The minimum atomic E-state index is -0.0471. The Morgan fingerprint density at radius 1 is 1.63 bits per heavy atom. The first-order valence-electron chi connectivity index (χ1n) is 6.70. The van der Waals surface area contributed by atoms with Crippen LogP contribution >= 0.6 is 0 Å². The molecule has 1 aromatic heterocycles. The van der Waals surface area contributed by atoms with Crippen molar-refractivity contribution in [2.75, 3.05) is 26.7 Å². The van der Waals surface area contributed by atoms with Crippen molar-refractivity contribution in [3.8, 4) is 0 Å². The fourth-order valence-corrected chi connectivity index (χ4v) is 2.10. The van der Waals surface area contributed by atoms with Crippen molar-refractivity contribution in [1.29, 1.82) is 0 Å². The normalized spacial score (nSPS) is 18.5. The molecule has 1 aliphatic rings. The van der Waals surface area contributed by atoms with E-state index in [-0.39, 0.29) is 12.1 Å². The smallest absolute Gasteiger partial charge is 0.317 e. The van der Waals surface area contributed by atoms with Crippen molar-refractivity contribution in [2.45, 2.75) is 31.9 Å². The molecule has 0 radical (unpaired) electrons. The third kappa shape index (κ3) is 4.51. The summed E-state index contributed by atoms with van der Waals surface area (Å²) in [6.45, 7) is 2.87. The molecule has 7 heteroatoms. The number of aryl methyl sites for hydroxylation is 1. The number of likely N-dealkylation sites (N-methyl/N-ethyl adjacent to an activating group) is 1. The maximum absolute atomic E-state index is 11.8. The molecule has 0 spiro atoms. The summed E-state index contributed by atoms with van der Waals surface area (Å²) in [6.07, 6.45) is 6.63. The van der Waals surface area contributed by atoms with Gasteiger partial charge in [0.2, 0.25) is 0 Å². The lowest BCUT2D eigenvalue weighted by Gasteiger charge is -2.21. The van der Waals surface area contributed by atoms with E-state index in [2.05, 4.69) is 15.6 Å². The summed E-state index contributed by atoms with van der Waals surface area (Å²) < 4.78 is 7.26. The molecule has 2 amide bonds. The van der Waals surface area contributed by atoms with Crippen LogP contribution < -0.4 is 5.32 Å². The predicted octanol–water partition coefficient (Wildman–Crippen LogP) is 0.489. The third-order valence-corrected chi connectivity index (χ3v) is 3.16. The first-order chi connectivity index (χ1) is 9.25. The van der Waals surface area contributed by atoms with Crippen LogP contribution in [0, 0.1) is 0 Å². The number of nitrogens with zero attached hydrogens (tertiary/aromatic N) is 4. The molecule has 1 fully saturated rings. The van der Waals surface area contributed by atoms with Gasteiger partial charge in [0, 0.05) is 39.5 Å². The number of hydrogen-bond donors (Lipinski definition) is 1. The molecule has 1 aliphatic heterocycles. The molecule has 1 saturated heterocycles. The summed E-state index contributed by atoms with van der Waals surface area (Å²) in [5, 5.41) is 10.5. The minimum absolute atomic E-state index is 0.0471. The van der Waals surface area contributed by atoms with Gasteiger partial charge in [-0.15, -0.1) is 5.10 Å². The summed E-state index contributed by atoms with van der Waals surface area (Å²) in [5.74, 6) is 0. The van der Waals surface area contributed by atoms with Crippen LogP contribution in [0.25, 0.3) is 0 Å². The Labute approximate surface area is 112 Å². The van der Waals surface area contributed by atoms with Crippen LogP contribution in [0.3, 0.4) is 0 Å².